The summed E-state index contributed by atoms with van der Waals surface area (Å²) in [6.07, 6.45) is 3.47. The largest absolute Gasteiger partial charge is 0.339 e. The monoisotopic (exact) mass is 946 g/mol. The van der Waals surface area contributed by atoms with Crippen molar-refractivity contribution in [1.82, 2.24) is 19.8 Å². The van der Waals surface area contributed by atoms with Crippen LogP contribution in [0.3, 0.4) is 0 Å². The van der Waals surface area contributed by atoms with Crippen molar-refractivity contribution in [3.8, 4) is 0 Å². The van der Waals surface area contributed by atoms with Gasteiger partial charge in [0.05, 0.1) is 37.2 Å². The van der Waals surface area contributed by atoms with Crippen LogP contribution in [0.1, 0.15) is 128 Å². The number of nitrogens with zero attached hydrogens (tertiary/aromatic N) is 5. The smallest absolute Gasteiger partial charge is 0.255 e. The molecule has 0 atom stereocenters. The zero-order valence-corrected chi connectivity index (χ0v) is 43.0. The van der Waals surface area contributed by atoms with Gasteiger partial charge in [0.25, 0.3) is 11.8 Å². The minimum absolute atomic E-state index is 0.0243. The minimum atomic E-state index is -0.228. The molecule has 0 bridgehead atoms. The Morgan fingerprint density at radius 3 is 1.34 bits per heavy atom. The summed E-state index contributed by atoms with van der Waals surface area (Å²) >= 11 is 2.79. The summed E-state index contributed by atoms with van der Waals surface area (Å²) in [6.45, 7) is 27.5. The fraction of sp³-hybridized carbons (Fsp3) is 0.404. The van der Waals surface area contributed by atoms with Gasteiger partial charge in [0.1, 0.15) is 0 Å². The first-order valence-corrected chi connectivity index (χ1v) is 24.7. The van der Waals surface area contributed by atoms with Crippen molar-refractivity contribution in [2.75, 3.05) is 47.0 Å². The van der Waals surface area contributed by atoms with Crippen molar-refractivity contribution in [3.63, 3.8) is 0 Å². The molecule has 0 aliphatic heterocycles. The van der Waals surface area contributed by atoms with Gasteiger partial charge in [0, 0.05) is 64.0 Å². The van der Waals surface area contributed by atoms with Gasteiger partial charge in [-0.05, 0) is 114 Å². The van der Waals surface area contributed by atoms with Gasteiger partial charge in [-0.3, -0.25) is 28.9 Å². The molecule has 15 heteroatoms. The molecule has 5 amide bonds. The fourth-order valence-electron chi connectivity index (χ4n) is 8.52. The van der Waals surface area contributed by atoms with Crippen LogP contribution in [0.4, 0.5) is 33.0 Å². The Bertz CT molecular complexity index is 2750. The molecule has 6 rings (SSSR count). The van der Waals surface area contributed by atoms with Crippen molar-refractivity contribution in [2.24, 2.45) is 0 Å². The van der Waals surface area contributed by atoms with Crippen LogP contribution in [-0.4, -0.2) is 75.5 Å². The molecule has 2 heterocycles. The van der Waals surface area contributed by atoms with Crippen LogP contribution in [0, 0.1) is 41.5 Å². The summed E-state index contributed by atoms with van der Waals surface area (Å²) in [4.78, 5) is 78.3. The molecule has 356 valence electrons. The topological polar surface area (TPSA) is 157 Å². The third-order valence-electron chi connectivity index (χ3n) is 10.9. The van der Waals surface area contributed by atoms with Crippen LogP contribution < -0.4 is 20.9 Å². The second kappa shape index (κ2) is 23.0. The van der Waals surface area contributed by atoms with Crippen molar-refractivity contribution in [3.05, 3.63) is 93.0 Å². The van der Waals surface area contributed by atoms with Gasteiger partial charge in [-0.25, -0.2) is 9.97 Å². The molecular formula is C52H66N8O5S2. The van der Waals surface area contributed by atoms with Crippen LogP contribution in [0.25, 0.3) is 20.4 Å². The van der Waals surface area contributed by atoms with Gasteiger partial charge in [-0.2, -0.15) is 0 Å². The number of aryl methyl sites for hydroxylation is 6. The molecule has 13 nitrogen and oxygen atoms in total. The third kappa shape index (κ3) is 12.6. The van der Waals surface area contributed by atoms with Gasteiger partial charge in [0.15, 0.2) is 10.3 Å². The number of aromatic nitrogens is 2. The SMILES string of the molecule is CCCN(CCC)C(=O)c1cc(NC(C)=O)cc2nc(N(C(C)=O)c3c(C)cc(C)cc3C)sc12.CCCN(CCC)C(=O)c1cc(NC(C)=O)cc2nc(Nc3c(C)cc(C)cc3C)sc12. The predicted octanol–water partition coefficient (Wildman–Crippen LogP) is 12.3. The number of thiazole rings is 2. The van der Waals surface area contributed by atoms with Crippen molar-refractivity contribution in [2.45, 2.75) is 116 Å². The van der Waals surface area contributed by atoms with Crippen LogP contribution >= 0.6 is 22.7 Å². The lowest BCUT2D eigenvalue weighted by molar-refractivity contribution is -0.116. The van der Waals surface area contributed by atoms with E-state index in [1.165, 1.54) is 49.0 Å². The Morgan fingerprint density at radius 2 is 0.940 bits per heavy atom. The van der Waals surface area contributed by atoms with Crippen LogP contribution in [-0.2, 0) is 14.4 Å². The van der Waals surface area contributed by atoms with Crippen LogP contribution in [0.5, 0.6) is 0 Å². The van der Waals surface area contributed by atoms with E-state index >= 15 is 0 Å². The average Bonchev–Trinajstić information content (AvgIpc) is 3.85. The van der Waals surface area contributed by atoms with E-state index in [1.54, 1.807) is 23.1 Å². The number of carbonyl (C=O) groups excluding carboxylic acids is 5. The quantitative estimate of drug-likeness (QED) is 0.0865. The molecule has 0 unspecified atom stereocenters. The molecule has 0 aliphatic rings. The van der Waals surface area contributed by atoms with Crippen molar-refractivity contribution < 1.29 is 24.0 Å². The van der Waals surface area contributed by atoms with E-state index < -0.39 is 0 Å². The molecule has 0 saturated heterocycles. The van der Waals surface area contributed by atoms with Crippen molar-refractivity contribution in [1.29, 1.82) is 0 Å². The number of benzene rings is 4. The first-order valence-electron chi connectivity index (χ1n) is 23.1. The zero-order chi connectivity index (χ0) is 49.3. The van der Waals surface area contributed by atoms with E-state index in [0.717, 1.165) is 74.7 Å². The predicted molar refractivity (Wildman–Crippen MR) is 278 cm³/mol. The maximum atomic E-state index is 13.6. The molecule has 2 aromatic heterocycles. The number of fused-ring (bicyclic) bond motifs is 2. The Balaban J connectivity index is 0.000000252. The van der Waals surface area contributed by atoms with Gasteiger partial charge in [-0.1, -0.05) is 85.8 Å². The molecule has 67 heavy (non-hydrogen) atoms. The Kier molecular flexibility index (Phi) is 17.8. The summed E-state index contributed by atoms with van der Waals surface area (Å²) in [5, 5.41) is 10.3. The van der Waals surface area contributed by atoms with Gasteiger partial charge >= 0.3 is 0 Å². The first kappa shape index (κ1) is 51.8. The normalized spacial score (nSPS) is 10.9. The van der Waals surface area contributed by atoms with E-state index in [0.29, 0.717) is 69.5 Å². The molecule has 4 aromatic carbocycles. The number of amides is 5. The number of hydrogen-bond donors (Lipinski definition) is 3. The zero-order valence-electron chi connectivity index (χ0n) is 41.4. The highest BCUT2D eigenvalue weighted by Crippen LogP contribution is 2.40. The van der Waals surface area contributed by atoms with E-state index in [1.807, 2.05) is 62.6 Å². The lowest BCUT2D eigenvalue weighted by Gasteiger charge is -2.23. The molecule has 6 aromatic rings. The summed E-state index contributed by atoms with van der Waals surface area (Å²) < 4.78 is 1.52. The minimum Gasteiger partial charge on any atom is -0.339 e. The van der Waals surface area contributed by atoms with E-state index in [-0.39, 0.29) is 29.5 Å². The number of rotatable bonds is 16. The highest BCUT2D eigenvalue weighted by Gasteiger charge is 2.27. The van der Waals surface area contributed by atoms with Crippen LogP contribution in [0.2, 0.25) is 0 Å². The van der Waals surface area contributed by atoms with E-state index in [9.17, 15) is 24.0 Å². The Labute approximate surface area is 403 Å². The number of nitrogens with one attached hydrogen (secondary N) is 3. The Hall–Kier alpha value is -6.19. The average molecular weight is 947 g/mol. The molecule has 0 aliphatic carbocycles. The number of hydrogen-bond acceptors (Lipinski definition) is 10. The van der Waals surface area contributed by atoms with Gasteiger partial charge in [0.2, 0.25) is 17.7 Å². The third-order valence-corrected chi connectivity index (χ3v) is 13.0. The highest BCUT2D eigenvalue weighted by molar-refractivity contribution is 7.23. The standard InChI is InChI=1S/C27H34N4O3S.C25H32N4O2S/c1-8-10-30(11-9-2)26(34)22-14-21(28-19(6)32)15-23-25(22)35-27(29-23)31(20(7)33)24-17(4)12-16(3)13-18(24)5;1-7-9-29(10-8-2)24(31)20-13-19(26-18(6)30)14-21-23(20)32-25(27-21)28-22-16(4)11-15(3)12-17(22)5/h12-15H,8-11H2,1-7H3,(H,28,32);11-14H,7-10H2,1-6H3,(H,26,30)(H,27,28). The molecule has 3 N–H and O–H groups in total. The van der Waals surface area contributed by atoms with Gasteiger partial charge in [-0.15, -0.1) is 0 Å². The summed E-state index contributed by atoms with van der Waals surface area (Å²) in [7, 11) is 0. The Morgan fingerprint density at radius 1 is 0.537 bits per heavy atom. The second-order valence-corrected chi connectivity index (χ2v) is 19.2. The summed E-state index contributed by atoms with van der Waals surface area (Å²) in [5.41, 5.74) is 11.8. The lowest BCUT2D eigenvalue weighted by atomic mass is 10.0. The van der Waals surface area contributed by atoms with Crippen LogP contribution in [0.15, 0.2) is 48.5 Å². The molecular weight excluding hydrogens is 881 g/mol. The maximum absolute atomic E-state index is 13.6. The lowest BCUT2D eigenvalue weighted by Crippen LogP contribution is -2.32. The molecule has 0 spiro atoms. The molecule has 0 saturated carbocycles. The fourth-order valence-corrected chi connectivity index (χ4v) is 10.6. The molecule has 0 fully saturated rings. The first-order chi connectivity index (χ1) is 31.8. The number of anilines is 6. The van der Waals surface area contributed by atoms with Crippen molar-refractivity contribution >= 4 is 106 Å². The van der Waals surface area contributed by atoms with Gasteiger partial charge < -0.3 is 25.8 Å². The molecule has 0 radical (unpaired) electrons. The maximum Gasteiger partial charge on any atom is 0.255 e. The summed E-state index contributed by atoms with van der Waals surface area (Å²) in [6, 6.07) is 15.4. The number of carbonyl (C=O) groups is 5. The highest BCUT2D eigenvalue weighted by atomic mass is 32.1. The van der Waals surface area contributed by atoms with E-state index in [2.05, 4.69) is 62.7 Å². The second-order valence-electron chi connectivity index (χ2n) is 17.2. The summed E-state index contributed by atoms with van der Waals surface area (Å²) in [5.74, 6) is -0.690. The van der Waals surface area contributed by atoms with E-state index in [4.69, 9.17) is 9.97 Å².